The highest BCUT2D eigenvalue weighted by atomic mass is 16.5. The van der Waals surface area contributed by atoms with Gasteiger partial charge in [0.2, 0.25) is 5.95 Å². The van der Waals surface area contributed by atoms with Crippen molar-refractivity contribution in [1.29, 1.82) is 0 Å². The first-order valence-electron chi connectivity index (χ1n) is 10.4. The van der Waals surface area contributed by atoms with E-state index in [4.69, 9.17) is 4.74 Å². The third-order valence-electron chi connectivity index (χ3n) is 5.63. The molecule has 0 radical (unpaired) electrons. The largest absolute Gasteiger partial charge is 0.497 e. The minimum atomic E-state index is -0.200. The van der Waals surface area contributed by atoms with Crippen molar-refractivity contribution in [2.24, 2.45) is 5.92 Å². The smallest absolute Gasteiger partial charge is 0.252 e. The fourth-order valence-corrected chi connectivity index (χ4v) is 3.74. The Hall–Kier alpha value is -3.12. The number of nitrogens with zero attached hydrogens (tertiary/aromatic N) is 2. The van der Waals surface area contributed by atoms with Gasteiger partial charge in [0.15, 0.2) is 0 Å². The first-order valence-corrected chi connectivity index (χ1v) is 10.4. The molecule has 0 saturated carbocycles. The predicted molar refractivity (Wildman–Crippen MR) is 120 cm³/mol. The molecule has 1 aliphatic heterocycles. The SMILES string of the molecule is COc1ccc(-c2cc(=O)[nH]c(Nc3ccc(CN4CCC(C)CC4)cc3)n2)cc1. The Balaban J connectivity index is 1.44. The third-order valence-corrected chi connectivity index (χ3v) is 5.63. The highest BCUT2D eigenvalue weighted by molar-refractivity contribution is 5.62. The number of rotatable bonds is 6. The number of benzene rings is 2. The molecule has 30 heavy (non-hydrogen) atoms. The molecule has 4 rings (SSSR count). The molecule has 2 heterocycles. The van der Waals surface area contributed by atoms with E-state index in [2.05, 4.69) is 39.2 Å². The molecule has 1 aromatic heterocycles. The Morgan fingerprint density at radius 2 is 1.80 bits per heavy atom. The number of methoxy groups -OCH3 is 1. The van der Waals surface area contributed by atoms with Crippen LogP contribution in [0.4, 0.5) is 11.6 Å². The van der Waals surface area contributed by atoms with Crippen LogP contribution in [-0.4, -0.2) is 35.1 Å². The molecule has 0 amide bonds. The highest BCUT2D eigenvalue weighted by Crippen LogP contribution is 2.22. The lowest BCUT2D eigenvalue weighted by molar-refractivity contribution is 0.185. The van der Waals surface area contributed by atoms with Crippen LogP contribution in [0.1, 0.15) is 25.3 Å². The molecule has 6 nitrogen and oxygen atoms in total. The van der Waals surface area contributed by atoms with E-state index in [1.54, 1.807) is 7.11 Å². The van der Waals surface area contributed by atoms with E-state index in [1.807, 2.05) is 36.4 Å². The maximum absolute atomic E-state index is 12.1. The number of likely N-dealkylation sites (tertiary alicyclic amines) is 1. The monoisotopic (exact) mass is 404 g/mol. The van der Waals surface area contributed by atoms with E-state index in [9.17, 15) is 4.79 Å². The quantitative estimate of drug-likeness (QED) is 0.636. The van der Waals surface area contributed by atoms with Crippen molar-refractivity contribution in [3.63, 3.8) is 0 Å². The number of nitrogens with one attached hydrogen (secondary N) is 2. The van der Waals surface area contributed by atoms with Gasteiger partial charge in [0, 0.05) is 23.9 Å². The van der Waals surface area contributed by atoms with Crippen molar-refractivity contribution in [2.45, 2.75) is 26.3 Å². The zero-order chi connectivity index (χ0) is 20.9. The lowest BCUT2D eigenvalue weighted by atomic mass is 9.99. The third kappa shape index (κ3) is 5.07. The normalized spacial score (nSPS) is 15.1. The lowest BCUT2D eigenvalue weighted by Crippen LogP contribution is -2.32. The summed E-state index contributed by atoms with van der Waals surface area (Å²) in [6.07, 6.45) is 2.56. The van der Waals surface area contributed by atoms with Gasteiger partial charge in [-0.15, -0.1) is 0 Å². The van der Waals surface area contributed by atoms with Crippen LogP contribution in [0.3, 0.4) is 0 Å². The molecule has 1 fully saturated rings. The summed E-state index contributed by atoms with van der Waals surface area (Å²) in [6.45, 7) is 5.66. The van der Waals surface area contributed by atoms with Crippen LogP contribution in [0.25, 0.3) is 11.3 Å². The molecule has 2 aromatic carbocycles. The summed E-state index contributed by atoms with van der Waals surface area (Å²) in [4.78, 5) is 22.0. The Kier molecular flexibility index (Phi) is 6.14. The molecule has 0 aliphatic carbocycles. The van der Waals surface area contributed by atoms with E-state index in [-0.39, 0.29) is 5.56 Å². The fraction of sp³-hybridized carbons (Fsp3) is 0.333. The highest BCUT2D eigenvalue weighted by Gasteiger charge is 2.15. The molecule has 0 unspecified atom stereocenters. The molecule has 3 aromatic rings. The number of hydrogen-bond donors (Lipinski definition) is 2. The molecule has 1 aliphatic rings. The fourth-order valence-electron chi connectivity index (χ4n) is 3.74. The van der Waals surface area contributed by atoms with Gasteiger partial charge in [-0.25, -0.2) is 4.98 Å². The Morgan fingerprint density at radius 1 is 1.10 bits per heavy atom. The number of hydrogen-bond acceptors (Lipinski definition) is 5. The molecule has 0 bridgehead atoms. The number of ether oxygens (including phenoxy) is 1. The van der Waals surface area contributed by atoms with Crippen molar-refractivity contribution in [1.82, 2.24) is 14.9 Å². The molecule has 0 spiro atoms. The van der Waals surface area contributed by atoms with E-state index in [0.717, 1.165) is 29.5 Å². The van der Waals surface area contributed by atoms with Crippen LogP contribution in [-0.2, 0) is 6.54 Å². The second-order valence-corrected chi connectivity index (χ2v) is 7.99. The summed E-state index contributed by atoms with van der Waals surface area (Å²) in [5, 5.41) is 3.21. The van der Waals surface area contributed by atoms with Crippen LogP contribution in [0.5, 0.6) is 5.75 Å². The lowest BCUT2D eigenvalue weighted by Gasteiger charge is -2.30. The van der Waals surface area contributed by atoms with Gasteiger partial charge in [-0.05, 0) is 73.8 Å². The number of anilines is 2. The number of aromatic amines is 1. The van der Waals surface area contributed by atoms with Gasteiger partial charge in [0.05, 0.1) is 12.8 Å². The second-order valence-electron chi connectivity index (χ2n) is 7.99. The van der Waals surface area contributed by atoms with Crippen LogP contribution < -0.4 is 15.6 Å². The Bertz CT molecular complexity index is 1020. The van der Waals surface area contributed by atoms with Crippen LogP contribution in [0.15, 0.2) is 59.4 Å². The van der Waals surface area contributed by atoms with Crippen molar-refractivity contribution >= 4 is 11.6 Å². The molecule has 0 atom stereocenters. The molecule has 156 valence electrons. The van der Waals surface area contributed by atoms with Crippen molar-refractivity contribution < 1.29 is 4.74 Å². The predicted octanol–water partition coefficient (Wildman–Crippen LogP) is 4.42. The van der Waals surface area contributed by atoms with Gasteiger partial charge in [-0.1, -0.05) is 19.1 Å². The van der Waals surface area contributed by atoms with Gasteiger partial charge in [0.25, 0.3) is 5.56 Å². The molecular weight excluding hydrogens is 376 g/mol. The van der Waals surface area contributed by atoms with Gasteiger partial charge >= 0.3 is 0 Å². The second kappa shape index (κ2) is 9.13. The summed E-state index contributed by atoms with van der Waals surface area (Å²) < 4.78 is 5.19. The van der Waals surface area contributed by atoms with Crippen molar-refractivity contribution in [3.05, 3.63) is 70.5 Å². The summed E-state index contributed by atoms with van der Waals surface area (Å²) in [7, 11) is 1.63. The van der Waals surface area contributed by atoms with E-state index < -0.39 is 0 Å². The average Bonchev–Trinajstić information content (AvgIpc) is 2.76. The number of aromatic nitrogens is 2. The number of piperidine rings is 1. The standard InChI is InChI=1S/C24H28N4O2/c1-17-11-13-28(14-12-17)16-18-3-7-20(8-4-18)25-24-26-22(15-23(29)27-24)19-5-9-21(30-2)10-6-19/h3-10,15,17H,11-14,16H2,1-2H3,(H2,25,26,27,29). The minimum Gasteiger partial charge on any atom is -0.497 e. The first kappa shape index (κ1) is 20.2. The van der Waals surface area contributed by atoms with E-state index in [0.29, 0.717) is 11.6 Å². The van der Waals surface area contributed by atoms with Crippen molar-refractivity contribution in [2.75, 3.05) is 25.5 Å². The van der Waals surface area contributed by atoms with Gasteiger partial charge in [-0.2, -0.15) is 0 Å². The van der Waals surface area contributed by atoms with Crippen molar-refractivity contribution in [3.8, 4) is 17.0 Å². The zero-order valence-corrected chi connectivity index (χ0v) is 17.5. The maximum atomic E-state index is 12.1. The zero-order valence-electron chi connectivity index (χ0n) is 17.5. The summed E-state index contributed by atoms with van der Waals surface area (Å²) >= 11 is 0. The first-order chi connectivity index (χ1) is 14.6. The topological polar surface area (TPSA) is 70.2 Å². The Labute approximate surface area is 176 Å². The molecule has 6 heteroatoms. The van der Waals surface area contributed by atoms with Gasteiger partial charge in [-0.3, -0.25) is 14.7 Å². The van der Waals surface area contributed by atoms with Gasteiger partial charge < -0.3 is 10.1 Å². The molecule has 1 saturated heterocycles. The summed E-state index contributed by atoms with van der Waals surface area (Å²) in [6, 6.07) is 17.3. The maximum Gasteiger partial charge on any atom is 0.252 e. The Morgan fingerprint density at radius 3 is 2.47 bits per heavy atom. The van der Waals surface area contributed by atoms with Crippen LogP contribution >= 0.6 is 0 Å². The minimum absolute atomic E-state index is 0.200. The van der Waals surface area contributed by atoms with Crippen LogP contribution in [0, 0.1) is 5.92 Å². The van der Waals surface area contributed by atoms with E-state index in [1.165, 1.54) is 37.6 Å². The molecule has 2 N–H and O–H groups in total. The van der Waals surface area contributed by atoms with E-state index >= 15 is 0 Å². The average molecular weight is 405 g/mol. The molecular formula is C24H28N4O2. The summed E-state index contributed by atoms with van der Waals surface area (Å²) in [5.41, 5.74) is 3.45. The van der Waals surface area contributed by atoms with Crippen LogP contribution in [0.2, 0.25) is 0 Å². The van der Waals surface area contributed by atoms with Gasteiger partial charge in [0.1, 0.15) is 5.75 Å². The summed E-state index contributed by atoms with van der Waals surface area (Å²) in [5.74, 6) is 2.03. The number of H-pyrrole nitrogens is 1.